The number of carbonyl (C=O) groups is 1. The van der Waals surface area contributed by atoms with Crippen LogP contribution in [0.25, 0.3) is 0 Å². The highest BCUT2D eigenvalue weighted by molar-refractivity contribution is 5.69. The molecular formula is C18H27N3O3. The number of pyridine rings is 1. The van der Waals surface area contributed by atoms with Gasteiger partial charge in [0.15, 0.2) is 0 Å². The van der Waals surface area contributed by atoms with Crippen LogP contribution in [0.15, 0.2) is 30.6 Å². The lowest BCUT2D eigenvalue weighted by Gasteiger charge is -2.41. The lowest BCUT2D eigenvalue weighted by Crippen LogP contribution is -2.55. The molecule has 0 aliphatic carbocycles. The van der Waals surface area contributed by atoms with Crippen LogP contribution >= 0.6 is 0 Å². The first-order chi connectivity index (χ1) is 11.4. The topological polar surface area (TPSA) is 74.7 Å². The van der Waals surface area contributed by atoms with Crippen LogP contribution in [0.2, 0.25) is 0 Å². The molecule has 2 heterocycles. The third-order valence-electron chi connectivity index (χ3n) is 3.73. The molecule has 1 atom stereocenters. The molecule has 0 bridgehead atoms. The fourth-order valence-electron chi connectivity index (χ4n) is 2.44. The summed E-state index contributed by atoms with van der Waals surface area (Å²) in [6.07, 6.45) is 8.67. The molecule has 0 unspecified atom stereocenters. The minimum Gasteiger partial charge on any atom is -0.444 e. The molecule has 1 saturated heterocycles. The van der Waals surface area contributed by atoms with Gasteiger partial charge in [0.1, 0.15) is 5.60 Å². The molecule has 6 nitrogen and oxygen atoms in total. The Kier molecular flexibility index (Phi) is 6.20. The highest BCUT2D eigenvalue weighted by Crippen LogP contribution is 2.22. The molecule has 132 valence electrons. The molecule has 2 rings (SSSR count). The number of ether oxygens (including phenoxy) is 1. The highest BCUT2D eigenvalue weighted by atomic mass is 16.6. The van der Waals surface area contributed by atoms with Crippen molar-refractivity contribution in [2.24, 2.45) is 0 Å². The van der Waals surface area contributed by atoms with Gasteiger partial charge in [0.05, 0.1) is 18.3 Å². The maximum Gasteiger partial charge on any atom is 0.410 e. The maximum absolute atomic E-state index is 12.1. The highest BCUT2D eigenvalue weighted by Gasteiger charge is 2.34. The van der Waals surface area contributed by atoms with Crippen LogP contribution in [-0.4, -0.2) is 52.4 Å². The predicted molar refractivity (Wildman–Crippen MR) is 94.0 cm³/mol. The second kappa shape index (κ2) is 8.15. The Morgan fingerprint density at radius 1 is 1.46 bits per heavy atom. The maximum atomic E-state index is 12.1. The second-order valence-corrected chi connectivity index (χ2v) is 6.94. The van der Waals surface area contributed by atoms with Gasteiger partial charge in [-0.3, -0.25) is 4.98 Å². The van der Waals surface area contributed by atoms with Crippen molar-refractivity contribution in [1.29, 1.82) is 0 Å². The van der Waals surface area contributed by atoms with Gasteiger partial charge in [0.2, 0.25) is 0 Å². The Hall–Kier alpha value is -2.08. The number of aliphatic hydroxyl groups excluding tert-OH is 1. The van der Waals surface area contributed by atoms with Crippen molar-refractivity contribution in [2.75, 3.05) is 25.0 Å². The van der Waals surface area contributed by atoms with Crippen molar-refractivity contribution < 1.29 is 14.6 Å². The van der Waals surface area contributed by atoms with E-state index in [1.165, 1.54) is 0 Å². The number of allylic oxidation sites excluding steroid dienone is 1. The van der Waals surface area contributed by atoms with Crippen LogP contribution in [0.5, 0.6) is 0 Å². The summed E-state index contributed by atoms with van der Waals surface area (Å²) in [5.74, 6) is 0. The Labute approximate surface area is 143 Å². The Balaban J connectivity index is 1.84. The first-order valence-corrected chi connectivity index (χ1v) is 8.32. The van der Waals surface area contributed by atoms with Gasteiger partial charge in [-0.25, -0.2) is 4.79 Å². The Bertz CT molecular complexity index is 581. The zero-order valence-electron chi connectivity index (χ0n) is 14.7. The molecule has 24 heavy (non-hydrogen) atoms. The number of aliphatic hydroxyl groups is 1. The van der Waals surface area contributed by atoms with Crippen LogP contribution in [0, 0.1) is 0 Å². The van der Waals surface area contributed by atoms with Crippen molar-refractivity contribution in [3.05, 3.63) is 36.2 Å². The average molecular weight is 333 g/mol. The number of amides is 1. The van der Waals surface area contributed by atoms with E-state index in [0.29, 0.717) is 6.54 Å². The lowest BCUT2D eigenvalue weighted by atomic mass is 10.0. The molecule has 0 aromatic carbocycles. The van der Waals surface area contributed by atoms with Crippen LogP contribution in [0.3, 0.4) is 0 Å². The van der Waals surface area contributed by atoms with E-state index in [9.17, 15) is 4.79 Å². The summed E-state index contributed by atoms with van der Waals surface area (Å²) in [7, 11) is 0. The van der Waals surface area contributed by atoms with Crippen molar-refractivity contribution in [1.82, 2.24) is 9.88 Å². The quantitative estimate of drug-likeness (QED) is 0.783. The molecule has 0 saturated carbocycles. The first-order valence-electron chi connectivity index (χ1n) is 8.32. The number of hydrogen-bond donors (Lipinski definition) is 2. The van der Waals surface area contributed by atoms with E-state index < -0.39 is 5.60 Å². The van der Waals surface area contributed by atoms with Gasteiger partial charge in [-0.1, -0.05) is 12.2 Å². The molecule has 2 N–H and O–H groups in total. The number of carbonyl (C=O) groups excluding carboxylic acids is 1. The average Bonchev–Trinajstić information content (AvgIpc) is 2.45. The van der Waals surface area contributed by atoms with E-state index in [0.717, 1.165) is 30.6 Å². The van der Waals surface area contributed by atoms with Crippen molar-refractivity contribution in [3.63, 3.8) is 0 Å². The van der Waals surface area contributed by atoms with E-state index in [1.54, 1.807) is 17.2 Å². The van der Waals surface area contributed by atoms with Crippen LogP contribution in [0.1, 0.15) is 32.8 Å². The number of hydrogen-bond acceptors (Lipinski definition) is 5. The minimum atomic E-state index is -0.467. The molecule has 1 aromatic heterocycles. The lowest BCUT2D eigenvalue weighted by molar-refractivity contribution is -0.00274. The van der Waals surface area contributed by atoms with Gasteiger partial charge in [-0.05, 0) is 45.2 Å². The first kappa shape index (κ1) is 18.3. The molecule has 1 aliphatic rings. The molecule has 6 heteroatoms. The largest absolute Gasteiger partial charge is 0.444 e. The van der Waals surface area contributed by atoms with Crippen molar-refractivity contribution in [3.8, 4) is 0 Å². The molecule has 1 aliphatic heterocycles. The summed E-state index contributed by atoms with van der Waals surface area (Å²) in [5, 5.41) is 12.1. The zero-order valence-corrected chi connectivity index (χ0v) is 14.7. The monoisotopic (exact) mass is 333 g/mol. The molecule has 1 aromatic rings. The zero-order chi connectivity index (χ0) is 17.6. The summed E-state index contributed by atoms with van der Waals surface area (Å²) in [4.78, 5) is 18.1. The van der Waals surface area contributed by atoms with E-state index in [1.807, 2.05) is 39.1 Å². The third kappa shape index (κ3) is 5.53. The molecule has 0 radical (unpaired) electrons. The van der Waals surface area contributed by atoms with Gasteiger partial charge in [-0.15, -0.1) is 0 Å². The van der Waals surface area contributed by atoms with E-state index >= 15 is 0 Å². The summed E-state index contributed by atoms with van der Waals surface area (Å²) < 4.78 is 5.42. The SMILES string of the molecule is CC(C)(C)OC(=O)N1CC[C@H]1CNc1cncc(CC=CCO)c1. The number of aromatic nitrogens is 1. The third-order valence-corrected chi connectivity index (χ3v) is 3.73. The normalized spacial score (nSPS) is 17.7. The Morgan fingerprint density at radius 3 is 2.88 bits per heavy atom. The van der Waals surface area contributed by atoms with E-state index in [4.69, 9.17) is 9.84 Å². The smallest absolute Gasteiger partial charge is 0.410 e. The minimum absolute atomic E-state index is 0.0492. The number of anilines is 1. The predicted octanol–water partition coefficient (Wildman–Crippen LogP) is 2.59. The van der Waals surface area contributed by atoms with Gasteiger partial charge in [0.25, 0.3) is 0 Å². The number of likely N-dealkylation sites (tertiary alicyclic amines) is 1. The molecular weight excluding hydrogens is 306 g/mol. The van der Waals surface area contributed by atoms with Crippen LogP contribution in [-0.2, 0) is 11.2 Å². The van der Waals surface area contributed by atoms with Gasteiger partial charge in [-0.2, -0.15) is 0 Å². The van der Waals surface area contributed by atoms with Crippen LogP contribution < -0.4 is 5.32 Å². The summed E-state index contributed by atoms with van der Waals surface area (Å²) in [6, 6.07) is 2.18. The fourth-order valence-corrected chi connectivity index (χ4v) is 2.44. The molecule has 1 amide bonds. The van der Waals surface area contributed by atoms with Crippen molar-refractivity contribution in [2.45, 2.75) is 45.3 Å². The van der Waals surface area contributed by atoms with E-state index in [2.05, 4.69) is 10.3 Å². The van der Waals surface area contributed by atoms with Crippen LogP contribution in [0.4, 0.5) is 10.5 Å². The number of nitrogens with one attached hydrogen (secondary N) is 1. The van der Waals surface area contributed by atoms with Gasteiger partial charge >= 0.3 is 6.09 Å². The fraction of sp³-hybridized carbons (Fsp3) is 0.556. The van der Waals surface area contributed by atoms with Gasteiger partial charge < -0.3 is 20.1 Å². The van der Waals surface area contributed by atoms with Crippen molar-refractivity contribution >= 4 is 11.8 Å². The molecule has 1 fully saturated rings. The summed E-state index contributed by atoms with van der Waals surface area (Å²) in [5.41, 5.74) is 1.54. The standard InChI is InChI=1S/C18H27N3O3/c1-18(2,3)24-17(23)21-8-7-16(21)13-20-15-10-14(11-19-12-15)6-4-5-9-22/h4-5,10-12,16,20,22H,6-9,13H2,1-3H3/t16-/m0/s1. The summed E-state index contributed by atoms with van der Waals surface area (Å²) in [6.45, 7) is 7.09. The van der Waals surface area contributed by atoms with E-state index in [-0.39, 0.29) is 18.7 Å². The summed E-state index contributed by atoms with van der Waals surface area (Å²) >= 11 is 0. The molecule has 0 spiro atoms. The number of nitrogens with zero attached hydrogens (tertiary/aromatic N) is 2. The Morgan fingerprint density at radius 2 is 2.25 bits per heavy atom. The van der Waals surface area contributed by atoms with Gasteiger partial charge in [0, 0.05) is 25.5 Å². The second-order valence-electron chi connectivity index (χ2n) is 6.94. The number of rotatable bonds is 6.